The number of hydrogen-bond acceptors (Lipinski definition) is 5. The number of ether oxygens (including phenoxy) is 2. The lowest BCUT2D eigenvalue weighted by Gasteiger charge is -2.38. The lowest BCUT2D eigenvalue weighted by atomic mass is 9.77. The Morgan fingerprint density at radius 3 is 2.51 bits per heavy atom. The van der Waals surface area contributed by atoms with E-state index in [1.807, 2.05) is 56.3 Å². The zero-order chi connectivity index (χ0) is 24.7. The van der Waals surface area contributed by atoms with E-state index in [0.29, 0.717) is 17.2 Å². The molecule has 7 heteroatoms. The standard InChI is InChI=1S/C28H30N2O4S/c1-17-8-9-18(2)25(14-17)30-35(31,32)20-11-12-24-23(16-20)21-6-5-7-22(21)28(29-24)19-10-13-26(33-3)27(15-19)34-4/h5-6,8-16,21-22,28-30H,7H2,1-4H3/t21-,22+,28+/m0/s1. The van der Waals surface area contributed by atoms with Crippen molar-refractivity contribution < 1.29 is 17.9 Å². The monoisotopic (exact) mass is 490 g/mol. The summed E-state index contributed by atoms with van der Waals surface area (Å²) < 4.78 is 40.3. The maximum absolute atomic E-state index is 13.3. The minimum atomic E-state index is -3.73. The van der Waals surface area contributed by atoms with E-state index in [1.54, 1.807) is 20.3 Å². The molecule has 0 aromatic heterocycles. The first-order valence-electron chi connectivity index (χ1n) is 11.7. The van der Waals surface area contributed by atoms with Gasteiger partial charge in [-0.05, 0) is 84.8 Å². The summed E-state index contributed by atoms with van der Waals surface area (Å²) in [6.45, 7) is 3.85. The molecule has 0 amide bonds. The molecule has 1 heterocycles. The van der Waals surface area contributed by atoms with Gasteiger partial charge in [-0.15, -0.1) is 0 Å². The molecule has 2 N–H and O–H groups in total. The fourth-order valence-corrected chi connectivity index (χ4v) is 6.32. The van der Waals surface area contributed by atoms with Crippen molar-refractivity contribution >= 4 is 21.4 Å². The lowest BCUT2D eigenvalue weighted by Crippen LogP contribution is -2.29. The Balaban J connectivity index is 1.49. The molecule has 0 fully saturated rings. The summed E-state index contributed by atoms with van der Waals surface area (Å²) in [5.41, 5.74) is 5.55. The summed E-state index contributed by atoms with van der Waals surface area (Å²) in [7, 11) is -0.462. The molecule has 3 aromatic carbocycles. The van der Waals surface area contributed by atoms with E-state index < -0.39 is 10.0 Å². The molecule has 0 radical (unpaired) electrons. The summed E-state index contributed by atoms with van der Waals surface area (Å²) in [6.07, 6.45) is 5.30. The van der Waals surface area contributed by atoms with E-state index in [9.17, 15) is 8.42 Å². The highest BCUT2D eigenvalue weighted by Crippen LogP contribution is 2.51. The highest BCUT2D eigenvalue weighted by molar-refractivity contribution is 7.92. The SMILES string of the molecule is COc1ccc([C@H]2Nc3ccc(S(=O)(=O)Nc4cc(C)ccc4C)cc3[C@H]3C=CC[C@H]32)cc1OC. The molecule has 0 bridgehead atoms. The molecule has 1 aliphatic carbocycles. The van der Waals surface area contributed by atoms with Crippen LogP contribution in [0.4, 0.5) is 11.4 Å². The molecule has 0 spiro atoms. The van der Waals surface area contributed by atoms with Crippen molar-refractivity contribution in [1.29, 1.82) is 0 Å². The van der Waals surface area contributed by atoms with Crippen LogP contribution in [0.5, 0.6) is 11.5 Å². The average molecular weight is 491 g/mol. The van der Waals surface area contributed by atoms with Gasteiger partial charge in [-0.3, -0.25) is 4.72 Å². The van der Waals surface area contributed by atoms with Gasteiger partial charge >= 0.3 is 0 Å². The van der Waals surface area contributed by atoms with E-state index in [1.165, 1.54) is 0 Å². The van der Waals surface area contributed by atoms with Crippen LogP contribution in [0.2, 0.25) is 0 Å². The van der Waals surface area contributed by atoms with E-state index in [0.717, 1.165) is 34.4 Å². The molecule has 2 aliphatic rings. The van der Waals surface area contributed by atoms with Crippen molar-refractivity contribution in [2.75, 3.05) is 24.3 Å². The number of hydrogen-bond donors (Lipinski definition) is 2. The zero-order valence-corrected chi connectivity index (χ0v) is 21.1. The van der Waals surface area contributed by atoms with Gasteiger partial charge in [-0.2, -0.15) is 0 Å². The highest BCUT2D eigenvalue weighted by Gasteiger charge is 2.38. The topological polar surface area (TPSA) is 76.7 Å². The molecule has 3 atom stereocenters. The van der Waals surface area contributed by atoms with Gasteiger partial charge in [0, 0.05) is 11.6 Å². The molecule has 6 nitrogen and oxygen atoms in total. The largest absolute Gasteiger partial charge is 0.493 e. The van der Waals surface area contributed by atoms with E-state index in [-0.39, 0.29) is 22.8 Å². The van der Waals surface area contributed by atoms with Gasteiger partial charge in [0.15, 0.2) is 11.5 Å². The third-order valence-corrected chi connectivity index (χ3v) is 8.41. The minimum absolute atomic E-state index is 0.0674. The van der Waals surface area contributed by atoms with Crippen molar-refractivity contribution in [2.24, 2.45) is 5.92 Å². The van der Waals surface area contributed by atoms with Crippen LogP contribution < -0.4 is 19.5 Å². The summed E-state index contributed by atoms with van der Waals surface area (Å²) in [6, 6.07) is 17.2. The number of benzene rings is 3. The summed E-state index contributed by atoms with van der Waals surface area (Å²) in [5, 5.41) is 3.67. The zero-order valence-electron chi connectivity index (χ0n) is 20.3. The minimum Gasteiger partial charge on any atom is -0.493 e. The number of sulfonamides is 1. The molecule has 0 saturated heterocycles. The maximum atomic E-state index is 13.3. The Kier molecular flexibility index (Phi) is 5.97. The Morgan fingerprint density at radius 2 is 1.74 bits per heavy atom. The third-order valence-electron chi connectivity index (χ3n) is 7.05. The Hall–Kier alpha value is -3.45. The molecule has 3 aromatic rings. The maximum Gasteiger partial charge on any atom is 0.261 e. The molecule has 0 unspecified atom stereocenters. The molecular weight excluding hydrogens is 460 g/mol. The molecule has 182 valence electrons. The number of rotatable bonds is 6. The summed E-state index contributed by atoms with van der Waals surface area (Å²) in [4.78, 5) is 0.266. The van der Waals surface area contributed by atoms with Crippen LogP contribution in [0.25, 0.3) is 0 Å². The van der Waals surface area contributed by atoms with Crippen LogP contribution >= 0.6 is 0 Å². The van der Waals surface area contributed by atoms with Gasteiger partial charge in [-0.25, -0.2) is 8.42 Å². The molecule has 1 aliphatic heterocycles. The lowest BCUT2D eigenvalue weighted by molar-refractivity contribution is 0.353. The molecular formula is C28H30N2O4S. The van der Waals surface area contributed by atoms with Crippen molar-refractivity contribution in [3.05, 3.63) is 89.0 Å². The number of anilines is 2. The third kappa shape index (κ3) is 4.25. The van der Waals surface area contributed by atoms with Gasteiger partial charge in [0.2, 0.25) is 0 Å². The van der Waals surface area contributed by atoms with Crippen molar-refractivity contribution in [3.63, 3.8) is 0 Å². The van der Waals surface area contributed by atoms with E-state index in [4.69, 9.17) is 9.47 Å². The van der Waals surface area contributed by atoms with Crippen LogP contribution in [0.15, 0.2) is 71.6 Å². The van der Waals surface area contributed by atoms with Gasteiger partial charge in [0.05, 0.1) is 30.8 Å². The fraction of sp³-hybridized carbons (Fsp3) is 0.286. The van der Waals surface area contributed by atoms with Crippen molar-refractivity contribution in [2.45, 2.75) is 37.1 Å². The number of allylic oxidation sites excluding steroid dienone is 2. The quantitative estimate of drug-likeness (QED) is 0.418. The van der Waals surface area contributed by atoms with Crippen molar-refractivity contribution in [1.82, 2.24) is 0 Å². The van der Waals surface area contributed by atoms with Crippen LogP contribution in [0.1, 0.15) is 40.6 Å². The first kappa shape index (κ1) is 23.3. The van der Waals surface area contributed by atoms with Crippen molar-refractivity contribution in [3.8, 4) is 11.5 Å². The van der Waals surface area contributed by atoms with Crippen LogP contribution in [-0.4, -0.2) is 22.6 Å². The fourth-order valence-electron chi connectivity index (χ4n) is 5.17. The first-order valence-corrected chi connectivity index (χ1v) is 13.2. The predicted octanol–water partition coefficient (Wildman–Crippen LogP) is 5.95. The number of aryl methyl sites for hydroxylation is 2. The predicted molar refractivity (Wildman–Crippen MR) is 139 cm³/mol. The Bertz CT molecular complexity index is 1410. The summed E-state index contributed by atoms with van der Waals surface area (Å²) >= 11 is 0. The normalized spacial score (nSPS) is 20.5. The molecule has 5 rings (SSSR count). The second-order valence-corrected chi connectivity index (χ2v) is 10.9. The van der Waals surface area contributed by atoms with Crippen LogP contribution in [-0.2, 0) is 10.0 Å². The van der Waals surface area contributed by atoms with E-state index >= 15 is 0 Å². The van der Waals surface area contributed by atoms with Crippen LogP contribution in [0, 0.1) is 19.8 Å². The smallest absolute Gasteiger partial charge is 0.261 e. The van der Waals surface area contributed by atoms with Gasteiger partial charge < -0.3 is 14.8 Å². The number of fused-ring (bicyclic) bond motifs is 3. The summed E-state index contributed by atoms with van der Waals surface area (Å²) in [5.74, 6) is 1.78. The second-order valence-electron chi connectivity index (χ2n) is 9.26. The van der Waals surface area contributed by atoms with Gasteiger partial charge in [-0.1, -0.05) is 30.4 Å². The van der Waals surface area contributed by atoms with E-state index in [2.05, 4.69) is 28.3 Å². The van der Waals surface area contributed by atoms with Crippen LogP contribution in [0.3, 0.4) is 0 Å². The highest BCUT2D eigenvalue weighted by atomic mass is 32.2. The Morgan fingerprint density at radius 1 is 0.943 bits per heavy atom. The first-order chi connectivity index (χ1) is 16.8. The number of methoxy groups -OCH3 is 2. The average Bonchev–Trinajstić information content (AvgIpc) is 3.35. The van der Waals surface area contributed by atoms with Gasteiger partial charge in [0.1, 0.15) is 0 Å². The Labute approximate surface area is 207 Å². The molecule has 0 saturated carbocycles. The number of nitrogens with one attached hydrogen (secondary N) is 2. The second kappa shape index (κ2) is 8.96. The molecule has 35 heavy (non-hydrogen) atoms. The van der Waals surface area contributed by atoms with Gasteiger partial charge in [0.25, 0.3) is 10.0 Å².